The molecule has 3 aromatic carbocycles. The number of aryl methyl sites for hydroxylation is 1. The van der Waals surface area contributed by atoms with Gasteiger partial charge in [-0.15, -0.1) is 0 Å². The van der Waals surface area contributed by atoms with Gasteiger partial charge in [-0.3, -0.25) is 9.52 Å². The van der Waals surface area contributed by atoms with Crippen LogP contribution in [0.1, 0.15) is 16.2 Å². The lowest BCUT2D eigenvalue weighted by Gasteiger charge is -2.19. The fraction of sp³-hybridized carbons (Fsp3) is 0.200. The number of anilines is 1. The zero-order valence-electron chi connectivity index (χ0n) is 19.0. The summed E-state index contributed by atoms with van der Waals surface area (Å²) in [6.45, 7) is 3.67. The van der Waals surface area contributed by atoms with Crippen LogP contribution in [0.4, 0.5) is 5.69 Å². The van der Waals surface area contributed by atoms with Crippen LogP contribution < -0.4 is 19.5 Å². The Hall–Kier alpha value is -4.05. The molecule has 9 nitrogen and oxygen atoms in total. The van der Waals surface area contributed by atoms with Gasteiger partial charge in [-0.2, -0.15) is 0 Å². The molecule has 2 N–H and O–H groups in total. The van der Waals surface area contributed by atoms with Crippen molar-refractivity contribution in [1.82, 2.24) is 14.9 Å². The molecule has 5 rings (SSSR count). The minimum Gasteiger partial charge on any atom is -0.486 e. The number of para-hydroxylation sites is 2. The molecular formula is C25H24N4O5S. The number of aromatic nitrogens is 2. The number of rotatable bonds is 7. The highest BCUT2D eigenvalue weighted by Gasteiger charge is 2.20. The second kappa shape index (κ2) is 9.30. The van der Waals surface area contributed by atoms with Gasteiger partial charge in [0.05, 0.1) is 15.9 Å². The molecule has 0 atom stereocenters. The molecule has 4 aromatic rings. The number of ether oxygens (including phenoxy) is 2. The van der Waals surface area contributed by atoms with Crippen molar-refractivity contribution in [3.05, 3.63) is 78.1 Å². The standard InChI is InChI=1S/C25H24N4O5S/c1-17-27-21-7-2-3-8-22(21)29(17)12-11-26-25(30)18-5-4-6-19(15-18)28-35(31,32)20-9-10-23-24(16-20)34-14-13-33-23/h2-10,15-16,28H,11-14H2,1H3,(H,26,30). The molecule has 0 bridgehead atoms. The fourth-order valence-corrected chi connectivity index (χ4v) is 5.05. The van der Waals surface area contributed by atoms with Gasteiger partial charge in [0.25, 0.3) is 15.9 Å². The van der Waals surface area contributed by atoms with E-state index in [0.717, 1.165) is 16.9 Å². The molecule has 0 saturated carbocycles. The number of fused-ring (bicyclic) bond motifs is 2. The molecular weight excluding hydrogens is 468 g/mol. The summed E-state index contributed by atoms with van der Waals surface area (Å²) in [4.78, 5) is 17.3. The molecule has 0 fully saturated rings. The third-order valence-corrected chi connectivity index (χ3v) is 7.05. The molecule has 180 valence electrons. The Kier molecular flexibility index (Phi) is 6.04. The lowest BCUT2D eigenvalue weighted by Crippen LogP contribution is -2.27. The summed E-state index contributed by atoms with van der Waals surface area (Å²) < 4.78 is 41.3. The first kappa shape index (κ1) is 22.7. The quantitative estimate of drug-likeness (QED) is 0.409. The Bertz CT molecular complexity index is 1510. The Morgan fingerprint density at radius 1 is 1.00 bits per heavy atom. The van der Waals surface area contributed by atoms with Crippen LogP contribution >= 0.6 is 0 Å². The van der Waals surface area contributed by atoms with E-state index in [2.05, 4.69) is 15.0 Å². The van der Waals surface area contributed by atoms with Crippen LogP contribution in [0.2, 0.25) is 0 Å². The summed E-state index contributed by atoms with van der Waals surface area (Å²) in [7, 11) is -3.89. The van der Waals surface area contributed by atoms with E-state index in [0.29, 0.717) is 43.4 Å². The number of imidazole rings is 1. The lowest BCUT2D eigenvalue weighted by molar-refractivity contribution is 0.0952. The highest BCUT2D eigenvalue weighted by molar-refractivity contribution is 7.92. The minimum atomic E-state index is -3.89. The monoisotopic (exact) mass is 492 g/mol. The maximum atomic E-state index is 12.9. The van der Waals surface area contributed by atoms with Crippen molar-refractivity contribution in [2.45, 2.75) is 18.4 Å². The summed E-state index contributed by atoms with van der Waals surface area (Å²) in [5.41, 5.74) is 2.55. The minimum absolute atomic E-state index is 0.0412. The largest absolute Gasteiger partial charge is 0.486 e. The zero-order valence-corrected chi connectivity index (χ0v) is 19.8. The van der Waals surface area contributed by atoms with Gasteiger partial charge in [0, 0.05) is 30.4 Å². The highest BCUT2D eigenvalue weighted by atomic mass is 32.2. The SMILES string of the molecule is Cc1nc2ccccc2n1CCNC(=O)c1cccc(NS(=O)(=O)c2ccc3c(c2)OCCO3)c1. The Morgan fingerprint density at radius 3 is 2.66 bits per heavy atom. The van der Waals surface area contributed by atoms with Crippen molar-refractivity contribution < 1.29 is 22.7 Å². The van der Waals surface area contributed by atoms with E-state index in [-0.39, 0.29) is 16.5 Å². The van der Waals surface area contributed by atoms with Gasteiger partial charge in [-0.05, 0) is 49.4 Å². The second-order valence-corrected chi connectivity index (χ2v) is 9.73. The van der Waals surface area contributed by atoms with Crippen LogP contribution in [-0.2, 0) is 16.6 Å². The van der Waals surface area contributed by atoms with E-state index in [1.165, 1.54) is 18.2 Å². The van der Waals surface area contributed by atoms with Gasteiger partial charge in [0.2, 0.25) is 0 Å². The first-order valence-corrected chi connectivity index (χ1v) is 12.6. The van der Waals surface area contributed by atoms with E-state index < -0.39 is 10.0 Å². The first-order valence-electron chi connectivity index (χ1n) is 11.1. The molecule has 1 aliphatic heterocycles. The van der Waals surface area contributed by atoms with Gasteiger partial charge >= 0.3 is 0 Å². The molecule has 2 heterocycles. The summed E-state index contributed by atoms with van der Waals surface area (Å²) in [6, 6.07) is 18.6. The number of sulfonamides is 1. The van der Waals surface area contributed by atoms with E-state index in [1.807, 2.05) is 35.8 Å². The summed E-state index contributed by atoms with van der Waals surface area (Å²) in [5, 5.41) is 2.89. The molecule has 1 aromatic heterocycles. The average molecular weight is 493 g/mol. The fourth-order valence-electron chi connectivity index (χ4n) is 3.99. The third kappa shape index (κ3) is 4.78. The predicted molar refractivity (Wildman–Crippen MR) is 131 cm³/mol. The zero-order chi connectivity index (χ0) is 24.4. The van der Waals surface area contributed by atoms with Crippen molar-refractivity contribution >= 4 is 32.7 Å². The van der Waals surface area contributed by atoms with Crippen molar-refractivity contribution in [2.75, 3.05) is 24.5 Å². The normalized spacial score (nSPS) is 12.9. The maximum Gasteiger partial charge on any atom is 0.262 e. The van der Waals surface area contributed by atoms with E-state index in [9.17, 15) is 13.2 Å². The van der Waals surface area contributed by atoms with Crippen molar-refractivity contribution in [2.24, 2.45) is 0 Å². The molecule has 0 unspecified atom stereocenters. The smallest absolute Gasteiger partial charge is 0.262 e. The molecule has 0 spiro atoms. The van der Waals surface area contributed by atoms with Gasteiger partial charge in [0.15, 0.2) is 11.5 Å². The van der Waals surface area contributed by atoms with Crippen LogP contribution in [0.15, 0.2) is 71.6 Å². The van der Waals surface area contributed by atoms with Crippen LogP contribution in [0.5, 0.6) is 11.5 Å². The second-order valence-electron chi connectivity index (χ2n) is 8.05. The van der Waals surface area contributed by atoms with Gasteiger partial charge in [-0.25, -0.2) is 13.4 Å². The Labute approximate surface area is 202 Å². The van der Waals surface area contributed by atoms with Crippen molar-refractivity contribution in [3.8, 4) is 11.5 Å². The molecule has 0 aliphatic carbocycles. The van der Waals surface area contributed by atoms with Gasteiger partial charge < -0.3 is 19.4 Å². The van der Waals surface area contributed by atoms with Crippen LogP contribution in [0, 0.1) is 6.92 Å². The third-order valence-electron chi connectivity index (χ3n) is 5.67. The highest BCUT2D eigenvalue weighted by Crippen LogP contribution is 2.32. The molecule has 1 aliphatic rings. The van der Waals surface area contributed by atoms with E-state index in [4.69, 9.17) is 9.47 Å². The summed E-state index contributed by atoms with van der Waals surface area (Å²) >= 11 is 0. The number of benzene rings is 3. The first-order chi connectivity index (χ1) is 16.9. The number of nitrogens with one attached hydrogen (secondary N) is 2. The van der Waals surface area contributed by atoms with Crippen LogP contribution in [-0.4, -0.2) is 43.6 Å². The maximum absolute atomic E-state index is 12.9. The van der Waals surface area contributed by atoms with Gasteiger partial charge in [0.1, 0.15) is 19.0 Å². The Balaban J connectivity index is 1.25. The molecule has 10 heteroatoms. The molecule has 1 amide bonds. The number of nitrogens with zero attached hydrogens (tertiary/aromatic N) is 2. The number of amides is 1. The molecule has 35 heavy (non-hydrogen) atoms. The van der Waals surface area contributed by atoms with Crippen molar-refractivity contribution in [1.29, 1.82) is 0 Å². The molecule has 0 saturated heterocycles. The van der Waals surface area contributed by atoms with Crippen LogP contribution in [0.25, 0.3) is 11.0 Å². The number of hydrogen-bond acceptors (Lipinski definition) is 6. The average Bonchev–Trinajstić information content (AvgIpc) is 3.18. The topological polar surface area (TPSA) is 112 Å². The lowest BCUT2D eigenvalue weighted by atomic mass is 10.2. The Morgan fingerprint density at radius 2 is 1.80 bits per heavy atom. The van der Waals surface area contributed by atoms with Crippen LogP contribution in [0.3, 0.4) is 0 Å². The van der Waals surface area contributed by atoms with E-state index >= 15 is 0 Å². The summed E-state index contributed by atoms with van der Waals surface area (Å²) in [5.74, 6) is 1.46. The van der Waals surface area contributed by atoms with E-state index in [1.54, 1.807) is 24.3 Å². The number of hydrogen-bond donors (Lipinski definition) is 2. The van der Waals surface area contributed by atoms with Gasteiger partial charge in [-0.1, -0.05) is 18.2 Å². The number of carbonyl (C=O) groups excluding carboxylic acids is 1. The molecule has 0 radical (unpaired) electrons. The predicted octanol–water partition coefficient (Wildman–Crippen LogP) is 3.35. The van der Waals surface area contributed by atoms with Crippen molar-refractivity contribution in [3.63, 3.8) is 0 Å². The number of carbonyl (C=O) groups is 1. The summed E-state index contributed by atoms with van der Waals surface area (Å²) in [6.07, 6.45) is 0.